The minimum absolute atomic E-state index is 0.206. The summed E-state index contributed by atoms with van der Waals surface area (Å²) in [6.45, 7) is 0.683. The Morgan fingerprint density at radius 1 is 1.08 bits per heavy atom. The first-order valence-corrected chi connectivity index (χ1v) is 9.85. The molecule has 0 spiro atoms. The summed E-state index contributed by atoms with van der Waals surface area (Å²) >= 11 is 1.87. The van der Waals surface area contributed by atoms with Crippen LogP contribution in [0.25, 0.3) is 0 Å². The molecule has 1 heterocycles. The van der Waals surface area contributed by atoms with Crippen molar-refractivity contribution in [2.24, 2.45) is 0 Å². The van der Waals surface area contributed by atoms with Gasteiger partial charge in [0.15, 0.2) is 11.5 Å². The van der Waals surface area contributed by atoms with Crippen molar-refractivity contribution in [3.05, 3.63) is 48.0 Å². The van der Waals surface area contributed by atoms with Crippen molar-refractivity contribution in [2.45, 2.75) is 42.4 Å². The first-order valence-electron chi connectivity index (χ1n) is 8.97. The van der Waals surface area contributed by atoms with E-state index in [4.69, 9.17) is 9.47 Å². The summed E-state index contributed by atoms with van der Waals surface area (Å²) in [5, 5.41) is 6.55. The van der Waals surface area contributed by atoms with E-state index in [1.165, 1.54) is 25.7 Å². The predicted molar refractivity (Wildman–Crippen MR) is 103 cm³/mol. The highest BCUT2D eigenvalue weighted by atomic mass is 32.2. The van der Waals surface area contributed by atoms with Crippen molar-refractivity contribution in [2.75, 3.05) is 12.1 Å². The van der Waals surface area contributed by atoms with Gasteiger partial charge in [0.2, 0.25) is 6.79 Å². The highest BCUT2D eigenvalue weighted by molar-refractivity contribution is 8.00. The maximum Gasteiger partial charge on any atom is 0.319 e. The molecule has 5 nitrogen and oxygen atoms in total. The zero-order chi connectivity index (χ0) is 17.8. The fraction of sp³-hybridized carbons (Fsp3) is 0.350. The largest absolute Gasteiger partial charge is 0.454 e. The van der Waals surface area contributed by atoms with Crippen LogP contribution < -0.4 is 20.1 Å². The van der Waals surface area contributed by atoms with Crippen LogP contribution in [-0.4, -0.2) is 18.1 Å². The van der Waals surface area contributed by atoms with Crippen molar-refractivity contribution in [3.8, 4) is 11.5 Å². The van der Waals surface area contributed by atoms with Crippen LogP contribution >= 0.6 is 11.8 Å². The molecule has 0 aromatic heterocycles. The summed E-state index contributed by atoms with van der Waals surface area (Å²) in [7, 11) is 0. The molecule has 2 aliphatic rings. The summed E-state index contributed by atoms with van der Waals surface area (Å²) < 4.78 is 10.7. The number of urea groups is 1. The van der Waals surface area contributed by atoms with Gasteiger partial charge in [0, 0.05) is 16.7 Å². The van der Waals surface area contributed by atoms with Gasteiger partial charge in [-0.25, -0.2) is 4.79 Å². The van der Waals surface area contributed by atoms with Crippen LogP contribution in [0.3, 0.4) is 0 Å². The Bertz CT molecular complexity index is 790. The number of rotatable bonds is 5. The Morgan fingerprint density at radius 2 is 1.88 bits per heavy atom. The molecule has 0 radical (unpaired) electrons. The number of fused-ring (bicyclic) bond motifs is 1. The van der Waals surface area contributed by atoms with Crippen LogP contribution in [0.4, 0.5) is 10.5 Å². The van der Waals surface area contributed by atoms with Crippen LogP contribution in [0.1, 0.15) is 31.2 Å². The van der Waals surface area contributed by atoms with Crippen LogP contribution in [-0.2, 0) is 6.54 Å². The number of nitrogens with one attached hydrogen (secondary N) is 2. The Morgan fingerprint density at radius 3 is 2.77 bits per heavy atom. The summed E-state index contributed by atoms with van der Waals surface area (Å²) in [4.78, 5) is 13.5. The topological polar surface area (TPSA) is 59.6 Å². The zero-order valence-electron chi connectivity index (χ0n) is 14.5. The minimum atomic E-state index is -0.206. The highest BCUT2D eigenvalue weighted by Gasteiger charge is 2.18. The van der Waals surface area contributed by atoms with E-state index in [9.17, 15) is 4.79 Å². The van der Waals surface area contributed by atoms with Gasteiger partial charge in [0.1, 0.15) is 0 Å². The van der Waals surface area contributed by atoms with Crippen molar-refractivity contribution < 1.29 is 14.3 Å². The number of benzene rings is 2. The molecule has 2 aromatic carbocycles. The molecule has 0 unspecified atom stereocenters. The highest BCUT2D eigenvalue weighted by Crippen LogP contribution is 2.38. The molecular formula is C20H22N2O3S. The molecule has 1 fully saturated rings. The molecule has 2 N–H and O–H groups in total. The third-order valence-electron chi connectivity index (χ3n) is 4.62. The Labute approximate surface area is 157 Å². The van der Waals surface area contributed by atoms with Gasteiger partial charge >= 0.3 is 6.03 Å². The predicted octanol–water partition coefficient (Wildman–Crippen LogP) is 4.77. The van der Waals surface area contributed by atoms with Gasteiger partial charge in [-0.05, 0) is 42.7 Å². The van der Waals surface area contributed by atoms with Gasteiger partial charge in [-0.1, -0.05) is 31.0 Å². The first-order chi connectivity index (χ1) is 12.8. The molecule has 136 valence electrons. The van der Waals surface area contributed by atoms with Crippen molar-refractivity contribution in [3.63, 3.8) is 0 Å². The number of amides is 2. The second-order valence-electron chi connectivity index (χ2n) is 6.52. The van der Waals surface area contributed by atoms with Crippen molar-refractivity contribution >= 4 is 23.5 Å². The fourth-order valence-corrected chi connectivity index (χ4v) is 4.59. The van der Waals surface area contributed by atoms with Crippen molar-refractivity contribution in [1.29, 1.82) is 0 Å². The second kappa shape index (κ2) is 7.91. The molecule has 26 heavy (non-hydrogen) atoms. The Hall–Kier alpha value is -2.34. The molecule has 1 saturated carbocycles. The summed E-state index contributed by atoms with van der Waals surface area (Å²) in [5.41, 5.74) is 1.84. The number of hydrogen-bond donors (Lipinski definition) is 2. The van der Waals surface area contributed by atoms with E-state index in [2.05, 4.69) is 16.7 Å². The third kappa shape index (κ3) is 4.07. The molecular weight excluding hydrogens is 348 g/mol. The fourth-order valence-electron chi connectivity index (χ4n) is 3.26. The Kier molecular flexibility index (Phi) is 5.20. The summed E-state index contributed by atoms with van der Waals surface area (Å²) in [6, 6.07) is 13.5. The average molecular weight is 370 g/mol. The van der Waals surface area contributed by atoms with E-state index in [0.29, 0.717) is 11.8 Å². The lowest BCUT2D eigenvalue weighted by Gasteiger charge is -2.14. The molecule has 0 saturated heterocycles. The van der Waals surface area contributed by atoms with Crippen LogP contribution in [0.15, 0.2) is 47.4 Å². The lowest BCUT2D eigenvalue weighted by Crippen LogP contribution is -2.28. The van der Waals surface area contributed by atoms with E-state index in [-0.39, 0.29) is 12.8 Å². The van der Waals surface area contributed by atoms with Crippen LogP contribution in [0.2, 0.25) is 0 Å². The maximum absolute atomic E-state index is 12.3. The SMILES string of the molecule is O=C(NCc1ccc2c(c1)OCO2)Nc1ccccc1SC1CCCC1. The van der Waals surface area contributed by atoms with Gasteiger partial charge < -0.3 is 20.1 Å². The number of hydrogen-bond acceptors (Lipinski definition) is 4. The van der Waals surface area contributed by atoms with E-state index in [1.807, 2.05) is 48.2 Å². The molecule has 2 aromatic rings. The molecule has 2 amide bonds. The molecule has 4 rings (SSSR count). The average Bonchev–Trinajstić information content (AvgIpc) is 3.32. The molecule has 0 atom stereocenters. The number of carbonyl (C=O) groups is 1. The van der Waals surface area contributed by atoms with Gasteiger partial charge in [-0.2, -0.15) is 0 Å². The van der Waals surface area contributed by atoms with E-state index < -0.39 is 0 Å². The second-order valence-corrected chi connectivity index (χ2v) is 7.86. The molecule has 1 aliphatic heterocycles. The number of para-hydroxylation sites is 1. The van der Waals surface area contributed by atoms with Crippen LogP contribution in [0.5, 0.6) is 11.5 Å². The van der Waals surface area contributed by atoms with E-state index in [0.717, 1.165) is 27.6 Å². The monoisotopic (exact) mass is 370 g/mol. The number of anilines is 1. The normalized spacial score (nSPS) is 15.8. The molecule has 6 heteroatoms. The Balaban J connectivity index is 1.34. The van der Waals surface area contributed by atoms with Gasteiger partial charge in [0.25, 0.3) is 0 Å². The number of thioether (sulfide) groups is 1. The lowest BCUT2D eigenvalue weighted by molar-refractivity contribution is 0.174. The van der Waals surface area contributed by atoms with Gasteiger partial charge in [0.05, 0.1) is 5.69 Å². The quantitative estimate of drug-likeness (QED) is 0.796. The summed E-state index contributed by atoms with van der Waals surface area (Å²) in [5.74, 6) is 1.47. The van der Waals surface area contributed by atoms with Crippen molar-refractivity contribution in [1.82, 2.24) is 5.32 Å². The minimum Gasteiger partial charge on any atom is -0.454 e. The van der Waals surface area contributed by atoms with Gasteiger partial charge in [-0.3, -0.25) is 0 Å². The van der Waals surface area contributed by atoms with E-state index in [1.54, 1.807) is 0 Å². The lowest BCUT2D eigenvalue weighted by atomic mass is 10.2. The summed E-state index contributed by atoms with van der Waals surface area (Å²) in [6.07, 6.45) is 5.14. The van der Waals surface area contributed by atoms with Crippen LogP contribution in [0, 0.1) is 0 Å². The third-order valence-corrected chi connectivity index (χ3v) is 6.04. The smallest absolute Gasteiger partial charge is 0.319 e. The number of carbonyl (C=O) groups excluding carboxylic acids is 1. The molecule has 1 aliphatic carbocycles. The number of ether oxygens (including phenoxy) is 2. The van der Waals surface area contributed by atoms with Gasteiger partial charge in [-0.15, -0.1) is 11.8 Å². The maximum atomic E-state index is 12.3. The standard InChI is InChI=1S/C20H22N2O3S/c23-20(21-12-14-9-10-17-18(11-14)25-13-24-17)22-16-7-3-4-8-19(16)26-15-5-1-2-6-15/h3-4,7-11,15H,1-2,5-6,12-13H2,(H2,21,22,23). The first kappa shape index (κ1) is 17.1. The van der Waals surface area contributed by atoms with E-state index >= 15 is 0 Å². The zero-order valence-corrected chi connectivity index (χ0v) is 15.3. The molecule has 0 bridgehead atoms.